The Balaban J connectivity index is 1.78. The van der Waals surface area contributed by atoms with Crippen LogP contribution in [0.5, 0.6) is 5.75 Å². The molecule has 2 aromatic rings. The van der Waals surface area contributed by atoms with Gasteiger partial charge in [-0.05, 0) is 48.9 Å². The van der Waals surface area contributed by atoms with Crippen LogP contribution in [0.4, 0.5) is 5.69 Å². The summed E-state index contributed by atoms with van der Waals surface area (Å²) in [5.74, 6) is -1.45. The first-order valence-electron chi connectivity index (χ1n) is 8.52. The molecule has 1 N–H and O–H groups in total. The number of hydrogen-bond donors (Lipinski definition) is 1. The number of benzene rings is 2. The van der Waals surface area contributed by atoms with Gasteiger partial charge in [-0.2, -0.15) is 0 Å². The summed E-state index contributed by atoms with van der Waals surface area (Å²) in [5, 5.41) is 9.06. The molecule has 6 nitrogen and oxygen atoms in total. The van der Waals surface area contributed by atoms with Crippen LogP contribution >= 0.6 is 0 Å². The largest absolute Gasteiger partial charge is 0.494 e. The Morgan fingerprint density at radius 3 is 2.35 bits per heavy atom. The Bertz CT molecular complexity index is 857. The highest BCUT2D eigenvalue weighted by molar-refractivity contribution is 6.34. The maximum atomic E-state index is 12.6. The van der Waals surface area contributed by atoms with Crippen molar-refractivity contribution in [1.82, 2.24) is 0 Å². The van der Waals surface area contributed by atoms with E-state index >= 15 is 0 Å². The number of ether oxygens (including phenoxy) is 1. The Morgan fingerprint density at radius 2 is 1.69 bits per heavy atom. The summed E-state index contributed by atoms with van der Waals surface area (Å²) >= 11 is 0. The van der Waals surface area contributed by atoms with E-state index in [0.29, 0.717) is 18.0 Å². The first-order valence-corrected chi connectivity index (χ1v) is 8.52. The maximum absolute atomic E-state index is 12.6. The minimum atomic E-state index is -1.14. The summed E-state index contributed by atoms with van der Waals surface area (Å²) in [5.41, 5.74) is 0.714. The monoisotopic (exact) mass is 353 g/mol. The van der Waals surface area contributed by atoms with Gasteiger partial charge in [0.05, 0.1) is 29.0 Å². The van der Waals surface area contributed by atoms with Crippen molar-refractivity contribution in [1.29, 1.82) is 0 Å². The molecule has 0 radical (unpaired) electrons. The van der Waals surface area contributed by atoms with Crippen LogP contribution in [-0.2, 0) is 0 Å². The minimum Gasteiger partial charge on any atom is -0.494 e. The van der Waals surface area contributed by atoms with Crippen molar-refractivity contribution in [2.45, 2.75) is 26.2 Å². The number of hydrogen-bond acceptors (Lipinski definition) is 4. The maximum Gasteiger partial charge on any atom is 0.335 e. The molecule has 1 heterocycles. The van der Waals surface area contributed by atoms with E-state index < -0.39 is 17.8 Å². The molecule has 0 spiro atoms. The van der Waals surface area contributed by atoms with Gasteiger partial charge >= 0.3 is 5.97 Å². The standard InChI is InChI=1S/C20H19NO5/c1-2-3-4-11-26-15-8-6-14(7-9-15)21-18(22)16-10-5-13(20(24)25)12-17(16)19(21)23/h5-10,12H,2-4,11H2,1H3,(H,24,25). The average Bonchev–Trinajstić information content (AvgIpc) is 2.90. The van der Waals surface area contributed by atoms with Gasteiger partial charge in [-0.1, -0.05) is 19.8 Å². The smallest absolute Gasteiger partial charge is 0.335 e. The number of carbonyl (C=O) groups is 3. The van der Waals surface area contributed by atoms with Crippen molar-refractivity contribution >= 4 is 23.5 Å². The molecule has 1 aliphatic heterocycles. The second-order valence-corrected chi connectivity index (χ2v) is 6.06. The number of carboxylic acid groups (broad SMARTS) is 1. The van der Waals surface area contributed by atoms with Crippen LogP contribution < -0.4 is 9.64 Å². The molecular formula is C20H19NO5. The second-order valence-electron chi connectivity index (χ2n) is 6.06. The quantitative estimate of drug-likeness (QED) is 0.605. The molecule has 0 aliphatic carbocycles. The lowest BCUT2D eigenvalue weighted by molar-refractivity contribution is 0.0696. The minimum absolute atomic E-state index is 0.0254. The SMILES string of the molecule is CCCCCOc1ccc(N2C(=O)c3ccc(C(=O)O)cc3C2=O)cc1. The molecule has 0 fully saturated rings. The fourth-order valence-electron chi connectivity index (χ4n) is 2.84. The van der Waals surface area contributed by atoms with Gasteiger partial charge in [0.25, 0.3) is 11.8 Å². The Morgan fingerprint density at radius 1 is 1.00 bits per heavy atom. The number of unbranched alkanes of at least 4 members (excludes halogenated alkanes) is 2. The molecule has 0 unspecified atom stereocenters. The highest BCUT2D eigenvalue weighted by atomic mass is 16.5. The second kappa shape index (κ2) is 7.39. The van der Waals surface area contributed by atoms with Gasteiger partial charge in [0.1, 0.15) is 5.75 Å². The summed E-state index contributed by atoms with van der Waals surface area (Å²) in [6.45, 7) is 2.74. The third-order valence-electron chi connectivity index (χ3n) is 4.25. The fraction of sp³-hybridized carbons (Fsp3) is 0.250. The number of fused-ring (bicyclic) bond motifs is 1. The summed E-state index contributed by atoms with van der Waals surface area (Å²) in [6, 6.07) is 10.7. The summed E-state index contributed by atoms with van der Waals surface area (Å²) in [7, 11) is 0. The third-order valence-corrected chi connectivity index (χ3v) is 4.25. The number of imide groups is 1. The van der Waals surface area contributed by atoms with Crippen LogP contribution in [0.3, 0.4) is 0 Å². The van der Waals surface area contributed by atoms with Gasteiger partial charge < -0.3 is 9.84 Å². The number of nitrogens with zero attached hydrogens (tertiary/aromatic N) is 1. The van der Waals surface area contributed by atoms with Crippen molar-refractivity contribution in [2.24, 2.45) is 0 Å². The van der Waals surface area contributed by atoms with Gasteiger partial charge in [-0.15, -0.1) is 0 Å². The number of rotatable bonds is 7. The molecule has 2 amide bonds. The van der Waals surface area contributed by atoms with Gasteiger partial charge in [0.2, 0.25) is 0 Å². The molecule has 0 atom stereocenters. The molecule has 0 saturated heterocycles. The van der Waals surface area contributed by atoms with E-state index in [1.165, 1.54) is 18.2 Å². The highest BCUT2D eigenvalue weighted by Crippen LogP contribution is 2.30. The van der Waals surface area contributed by atoms with Crippen LogP contribution in [0.15, 0.2) is 42.5 Å². The Labute approximate surface area is 151 Å². The molecule has 3 rings (SSSR count). The molecule has 26 heavy (non-hydrogen) atoms. The van der Waals surface area contributed by atoms with Crippen LogP contribution in [0, 0.1) is 0 Å². The topological polar surface area (TPSA) is 83.9 Å². The lowest BCUT2D eigenvalue weighted by atomic mass is 10.1. The van der Waals surface area contributed by atoms with Crippen molar-refractivity contribution in [2.75, 3.05) is 11.5 Å². The number of carboxylic acids is 1. The molecule has 1 aliphatic rings. The van der Waals surface area contributed by atoms with Crippen LogP contribution in [0.2, 0.25) is 0 Å². The average molecular weight is 353 g/mol. The Hall–Kier alpha value is -3.15. The van der Waals surface area contributed by atoms with Crippen molar-refractivity contribution in [3.8, 4) is 5.75 Å². The van der Waals surface area contributed by atoms with E-state index in [1.807, 2.05) is 0 Å². The van der Waals surface area contributed by atoms with Gasteiger partial charge in [-0.3, -0.25) is 9.59 Å². The lowest BCUT2D eigenvalue weighted by Crippen LogP contribution is -2.29. The Kier molecular flexibility index (Phi) is 5.02. The van der Waals surface area contributed by atoms with E-state index in [0.717, 1.165) is 24.2 Å². The molecule has 6 heteroatoms. The normalized spacial score (nSPS) is 13.0. The number of amides is 2. The molecular weight excluding hydrogens is 334 g/mol. The van der Waals surface area contributed by atoms with Gasteiger partial charge in [-0.25, -0.2) is 9.69 Å². The lowest BCUT2D eigenvalue weighted by Gasteiger charge is -2.14. The number of anilines is 1. The van der Waals surface area contributed by atoms with Crippen molar-refractivity contribution in [3.05, 3.63) is 59.2 Å². The van der Waals surface area contributed by atoms with Gasteiger partial charge in [0.15, 0.2) is 0 Å². The van der Waals surface area contributed by atoms with E-state index in [1.54, 1.807) is 24.3 Å². The summed E-state index contributed by atoms with van der Waals surface area (Å²) in [6.07, 6.45) is 3.19. The summed E-state index contributed by atoms with van der Waals surface area (Å²) in [4.78, 5) is 37.3. The van der Waals surface area contributed by atoms with Crippen LogP contribution in [-0.4, -0.2) is 29.5 Å². The van der Waals surface area contributed by atoms with Gasteiger partial charge in [0, 0.05) is 0 Å². The van der Waals surface area contributed by atoms with E-state index in [9.17, 15) is 14.4 Å². The molecule has 2 aromatic carbocycles. The van der Waals surface area contributed by atoms with Crippen LogP contribution in [0.25, 0.3) is 0 Å². The van der Waals surface area contributed by atoms with Crippen LogP contribution in [0.1, 0.15) is 57.3 Å². The number of carbonyl (C=O) groups excluding carboxylic acids is 2. The van der Waals surface area contributed by atoms with E-state index in [2.05, 4.69) is 6.92 Å². The fourth-order valence-corrected chi connectivity index (χ4v) is 2.84. The van der Waals surface area contributed by atoms with Crippen molar-refractivity contribution in [3.63, 3.8) is 0 Å². The predicted molar refractivity (Wildman–Crippen MR) is 96.0 cm³/mol. The summed E-state index contributed by atoms with van der Waals surface area (Å²) < 4.78 is 5.63. The first kappa shape index (κ1) is 17.7. The highest BCUT2D eigenvalue weighted by Gasteiger charge is 2.37. The number of aromatic carboxylic acids is 1. The van der Waals surface area contributed by atoms with E-state index in [-0.39, 0.29) is 16.7 Å². The van der Waals surface area contributed by atoms with Crippen molar-refractivity contribution < 1.29 is 24.2 Å². The zero-order valence-electron chi connectivity index (χ0n) is 14.4. The zero-order valence-corrected chi connectivity index (χ0v) is 14.4. The molecule has 134 valence electrons. The molecule has 0 bridgehead atoms. The van der Waals surface area contributed by atoms with E-state index in [4.69, 9.17) is 9.84 Å². The predicted octanol–water partition coefficient (Wildman–Crippen LogP) is 3.75. The zero-order chi connectivity index (χ0) is 18.7. The first-order chi connectivity index (χ1) is 12.5. The molecule has 0 aromatic heterocycles. The molecule has 0 saturated carbocycles. The third kappa shape index (κ3) is 3.31.